The van der Waals surface area contributed by atoms with E-state index in [4.69, 9.17) is 11.6 Å². The summed E-state index contributed by atoms with van der Waals surface area (Å²) < 4.78 is 0. The van der Waals surface area contributed by atoms with Gasteiger partial charge in [-0.2, -0.15) is 0 Å². The second-order valence-corrected chi connectivity index (χ2v) is 7.55. The van der Waals surface area contributed by atoms with Gasteiger partial charge in [0.05, 0.1) is 11.6 Å². The number of nitrogens with zero attached hydrogens (tertiary/aromatic N) is 2. The Bertz CT molecular complexity index is 726. The van der Waals surface area contributed by atoms with Gasteiger partial charge in [-0.15, -0.1) is 9.24 Å². The lowest BCUT2D eigenvalue weighted by Gasteiger charge is -2.34. The van der Waals surface area contributed by atoms with Gasteiger partial charge in [-0.1, -0.05) is 18.3 Å². The van der Waals surface area contributed by atoms with Crippen molar-refractivity contribution in [2.24, 2.45) is 5.92 Å². The van der Waals surface area contributed by atoms with Crippen LogP contribution in [0.1, 0.15) is 29.6 Å². The van der Waals surface area contributed by atoms with Crippen molar-refractivity contribution >= 4 is 38.9 Å². The number of benzene rings is 1. The molecule has 0 aliphatic carbocycles. The molecule has 0 radical (unpaired) electrons. The van der Waals surface area contributed by atoms with Crippen molar-refractivity contribution in [2.75, 3.05) is 39.4 Å². The number of likely N-dealkylation sites (tertiary alicyclic amines) is 2. The smallest absolute Gasteiger partial charge is 0.251 e. The highest BCUT2D eigenvalue weighted by Crippen LogP contribution is 2.24. The number of aldehydes is 1. The molecule has 0 saturated carbocycles. The summed E-state index contributed by atoms with van der Waals surface area (Å²) in [4.78, 5) is 39.5. The fraction of sp³-hybridized carbons (Fsp3) is 0.550. The third kappa shape index (κ3) is 6.39. The van der Waals surface area contributed by atoms with Gasteiger partial charge >= 0.3 is 0 Å². The van der Waals surface area contributed by atoms with Gasteiger partial charge in [0, 0.05) is 30.6 Å². The Morgan fingerprint density at radius 1 is 1.24 bits per heavy atom. The molecule has 2 atom stereocenters. The molecule has 3 rings (SSSR count). The molecule has 1 aromatic rings. The van der Waals surface area contributed by atoms with Crippen LogP contribution in [-0.4, -0.2) is 78.4 Å². The van der Waals surface area contributed by atoms with Crippen LogP contribution in [0.2, 0.25) is 5.02 Å². The summed E-state index contributed by atoms with van der Waals surface area (Å²) in [6, 6.07) is 4.53. The van der Waals surface area contributed by atoms with Crippen molar-refractivity contribution in [2.45, 2.75) is 25.3 Å². The number of hydrogen-bond donors (Lipinski definition) is 2. The second-order valence-electron chi connectivity index (χ2n) is 7.14. The minimum atomic E-state index is -0.429. The van der Waals surface area contributed by atoms with E-state index in [2.05, 4.69) is 19.5 Å². The molecule has 2 unspecified atom stereocenters. The Hall–Kier alpha value is -1.69. The van der Waals surface area contributed by atoms with Crippen LogP contribution in [0.4, 0.5) is 0 Å². The summed E-state index contributed by atoms with van der Waals surface area (Å²) in [6.07, 6.45) is 3.73. The highest BCUT2D eigenvalue weighted by atomic mass is 35.5. The van der Waals surface area contributed by atoms with E-state index >= 15 is 0 Å². The summed E-state index contributed by atoms with van der Waals surface area (Å²) >= 11 is 5.73. The number of carbonyl (C=O) groups excluding carboxylic acids is 3. The predicted octanol–water partition coefficient (Wildman–Crippen LogP) is 1.78. The molecule has 0 spiro atoms. The Morgan fingerprint density at radius 2 is 1.93 bits per heavy atom. The van der Waals surface area contributed by atoms with Crippen LogP contribution in [0.5, 0.6) is 5.75 Å². The molecule has 2 N–H and O–H groups in total. The minimum Gasteiger partial charge on any atom is -0.506 e. The van der Waals surface area contributed by atoms with Gasteiger partial charge in [0.1, 0.15) is 12.0 Å². The average molecular weight is 442 g/mol. The Labute approximate surface area is 179 Å². The third-order valence-corrected chi connectivity index (χ3v) is 5.73. The summed E-state index contributed by atoms with van der Waals surface area (Å²) in [5.41, 5.74) is 0.252. The van der Waals surface area contributed by atoms with E-state index in [0.717, 1.165) is 38.6 Å². The van der Waals surface area contributed by atoms with E-state index < -0.39 is 5.91 Å². The fourth-order valence-corrected chi connectivity index (χ4v) is 3.83. The van der Waals surface area contributed by atoms with E-state index in [9.17, 15) is 19.5 Å². The van der Waals surface area contributed by atoms with E-state index in [-0.39, 0.29) is 34.7 Å². The molecule has 29 heavy (non-hydrogen) atoms. The number of halogens is 1. The largest absolute Gasteiger partial charge is 0.506 e. The molecule has 0 aromatic heterocycles. The second kappa shape index (κ2) is 11.5. The van der Waals surface area contributed by atoms with Gasteiger partial charge in [-0.25, -0.2) is 0 Å². The van der Waals surface area contributed by atoms with Crippen molar-refractivity contribution < 1.29 is 19.5 Å². The zero-order valence-electron chi connectivity index (χ0n) is 16.6. The fourth-order valence-electron chi connectivity index (χ4n) is 3.71. The van der Waals surface area contributed by atoms with Crippen molar-refractivity contribution in [3.63, 3.8) is 0 Å². The van der Waals surface area contributed by atoms with Crippen molar-refractivity contribution in [1.29, 1.82) is 0 Å². The lowest BCUT2D eigenvalue weighted by Crippen LogP contribution is -2.45. The number of nitrogens with one attached hydrogen (secondary N) is 1. The molecule has 2 saturated heterocycles. The van der Waals surface area contributed by atoms with Crippen LogP contribution in [-0.2, 0) is 9.59 Å². The van der Waals surface area contributed by atoms with Crippen LogP contribution in [0, 0.1) is 5.92 Å². The molecular weight excluding hydrogens is 413 g/mol. The molecule has 2 heterocycles. The monoisotopic (exact) mass is 441 g/mol. The first-order valence-corrected chi connectivity index (χ1v) is 11.3. The van der Waals surface area contributed by atoms with E-state index in [1.807, 2.05) is 6.66 Å². The molecule has 2 amide bonds. The first-order chi connectivity index (χ1) is 14.0. The normalized spacial score (nSPS) is 20.0. The van der Waals surface area contributed by atoms with Crippen LogP contribution in [0.15, 0.2) is 18.2 Å². The van der Waals surface area contributed by atoms with E-state index in [1.54, 1.807) is 4.90 Å². The van der Waals surface area contributed by atoms with Crippen molar-refractivity contribution in [3.05, 3.63) is 28.8 Å². The number of aromatic hydroxyl groups is 1. The predicted molar refractivity (Wildman–Crippen MR) is 116 cm³/mol. The van der Waals surface area contributed by atoms with Crippen LogP contribution in [0.25, 0.3) is 0 Å². The standard InChI is InChI=1S/C19H24ClN3O4.CH5P/c20-16-2-1-14(9-17(16)25)19(27)21-10-18(26)23-8-5-15(11-23)22-6-3-13(12-24)4-7-22;1-2/h1-2,9,12-13,15,25H,3-8,10-11H2,(H,21,27);2H2,1H3. The number of carbonyl (C=O) groups is 3. The number of phenols is 1. The molecule has 160 valence electrons. The minimum absolute atomic E-state index is 0.0812. The third-order valence-electron chi connectivity index (χ3n) is 5.41. The van der Waals surface area contributed by atoms with Crippen LogP contribution < -0.4 is 5.32 Å². The maximum Gasteiger partial charge on any atom is 0.251 e. The zero-order chi connectivity index (χ0) is 21.4. The highest BCUT2D eigenvalue weighted by molar-refractivity contribution is 7.15. The molecule has 7 nitrogen and oxygen atoms in total. The number of phenolic OH excluding ortho intramolecular Hbond substituents is 1. The summed E-state index contributed by atoms with van der Waals surface area (Å²) in [7, 11) is 2.42. The van der Waals surface area contributed by atoms with Crippen LogP contribution in [0.3, 0.4) is 0 Å². The Morgan fingerprint density at radius 3 is 2.55 bits per heavy atom. The number of rotatable bonds is 5. The lowest BCUT2D eigenvalue weighted by molar-refractivity contribution is -0.129. The maximum atomic E-state index is 12.4. The Balaban J connectivity index is 0.00000145. The number of amides is 2. The molecular formula is C20H29ClN3O4P. The summed E-state index contributed by atoms with van der Waals surface area (Å²) in [6.45, 7) is 4.96. The van der Waals surface area contributed by atoms with Crippen LogP contribution >= 0.6 is 20.8 Å². The number of hydrogen-bond acceptors (Lipinski definition) is 5. The van der Waals surface area contributed by atoms with E-state index in [0.29, 0.717) is 19.1 Å². The van der Waals surface area contributed by atoms with Gasteiger partial charge in [0.25, 0.3) is 5.91 Å². The van der Waals surface area contributed by atoms with Crippen molar-refractivity contribution in [3.8, 4) is 5.75 Å². The zero-order valence-corrected chi connectivity index (χ0v) is 18.6. The highest BCUT2D eigenvalue weighted by Gasteiger charge is 2.32. The summed E-state index contributed by atoms with van der Waals surface area (Å²) in [5.74, 6) is -0.548. The first-order valence-electron chi connectivity index (χ1n) is 9.79. The van der Waals surface area contributed by atoms with Gasteiger partial charge in [0.2, 0.25) is 5.91 Å². The molecule has 1 aromatic carbocycles. The quantitative estimate of drug-likeness (QED) is 0.537. The maximum absolute atomic E-state index is 12.4. The molecule has 2 aliphatic heterocycles. The average Bonchev–Trinajstić information content (AvgIpc) is 3.25. The van der Waals surface area contributed by atoms with Gasteiger partial charge < -0.3 is 20.1 Å². The molecule has 9 heteroatoms. The molecule has 2 aliphatic rings. The Kier molecular flexibility index (Phi) is 9.34. The van der Waals surface area contributed by atoms with Gasteiger partial charge in [-0.3, -0.25) is 14.5 Å². The summed E-state index contributed by atoms with van der Waals surface area (Å²) in [5, 5.41) is 12.3. The number of piperidine rings is 1. The van der Waals surface area contributed by atoms with Gasteiger partial charge in [0.15, 0.2) is 0 Å². The first kappa shape index (κ1) is 23.6. The molecule has 2 fully saturated rings. The molecule has 0 bridgehead atoms. The van der Waals surface area contributed by atoms with Gasteiger partial charge in [-0.05, 0) is 50.6 Å². The van der Waals surface area contributed by atoms with E-state index in [1.165, 1.54) is 18.2 Å². The lowest BCUT2D eigenvalue weighted by atomic mass is 9.97. The topological polar surface area (TPSA) is 90.0 Å². The van der Waals surface area contributed by atoms with Crippen molar-refractivity contribution in [1.82, 2.24) is 15.1 Å². The SMILES string of the molecule is CP.O=CC1CCN(C2CCN(C(=O)CNC(=O)c3ccc(Cl)c(O)c3)C2)CC1.